The molecule has 2 aliphatic carbocycles. The molecule has 0 atom stereocenters. The Balaban J connectivity index is 0.000000283. The number of allylic oxidation sites excluding steroid dienone is 2. The van der Waals surface area contributed by atoms with Gasteiger partial charge in [-0.25, -0.2) is 5.26 Å². The molecule has 0 bridgehead atoms. The zero-order chi connectivity index (χ0) is 82.3. The van der Waals surface area contributed by atoms with E-state index < -0.39 is 17.2 Å². The first-order valence-electron chi connectivity index (χ1n) is 38.0. The van der Waals surface area contributed by atoms with Crippen molar-refractivity contribution in [1.82, 2.24) is 0 Å². The van der Waals surface area contributed by atoms with Gasteiger partial charge in [0.05, 0.1) is 24.4 Å². The molecule has 12 nitrogen and oxygen atoms in total. The number of hydrogen-bond acceptors (Lipinski definition) is 12. The molecule has 2 aliphatic heterocycles. The van der Waals surface area contributed by atoms with Gasteiger partial charge in [-0.05, 0) is 211 Å². The van der Waals surface area contributed by atoms with Crippen molar-refractivity contribution in [3.8, 4) is 12.6 Å². The first kappa shape index (κ1) is 98.0. The minimum absolute atomic E-state index is 0. The minimum atomic E-state index is -1.54. The summed E-state index contributed by atoms with van der Waals surface area (Å²) in [6, 6.07) is 58.0. The zero-order valence-corrected chi connectivity index (χ0v) is 78.1. The van der Waals surface area contributed by atoms with Crippen LogP contribution in [0.4, 0.5) is 22.7 Å². The van der Waals surface area contributed by atoms with Crippen molar-refractivity contribution in [3.63, 3.8) is 0 Å². The molecule has 8 aromatic rings. The number of halogens is 2. The second-order valence-electron chi connectivity index (χ2n) is 29.4. The molecule has 0 amide bonds. The molecule has 0 N–H and O–H groups in total. The van der Waals surface area contributed by atoms with E-state index in [2.05, 4.69) is 280 Å². The van der Waals surface area contributed by atoms with Gasteiger partial charge in [0.1, 0.15) is 18.3 Å². The fraction of sp³-hybridized carbons (Fsp3) is 0.372. The second-order valence-corrected chi connectivity index (χ2v) is 35.8. The molecule has 0 spiro atoms. The van der Waals surface area contributed by atoms with Crippen LogP contribution in [-0.2, 0) is 58.5 Å². The first-order chi connectivity index (χ1) is 52.8. The van der Waals surface area contributed by atoms with Crippen molar-refractivity contribution in [2.24, 2.45) is 0 Å². The molecule has 0 aromatic heterocycles. The van der Waals surface area contributed by atoms with E-state index in [0.717, 1.165) is 26.2 Å². The van der Waals surface area contributed by atoms with E-state index in [1.54, 1.807) is 6.07 Å². The van der Waals surface area contributed by atoms with Crippen molar-refractivity contribution in [1.29, 1.82) is 10.5 Å². The van der Waals surface area contributed by atoms with Gasteiger partial charge in [0.2, 0.25) is 0 Å². The molecular weight excluding hydrogens is 1640 g/mol. The molecule has 112 heavy (non-hydrogen) atoms. The molecule has 2 fully saturated rings. The summed E-state index contributed by atoms with van der Waals surface area (Å²) < 4.78 is 35.7. The van der Waals surface area contributed by atoms with Crippen LogP contribution >= 0.6 is 36.6 Å². The number of hydrogen-bond donors (Lipinski definition) is 0. The summed E-state index contributed by atoms with van der Waals surface area (Å²) in [6.45, 7) is 63.8. The van der Waals surface area contributed by atoms with Gasteiger partial charge in [-0.2, -0.15) is 32.2 Å². The summed E-state index contributed by atoms with van der Waals surface area (Å²) in [4.78, 5) is 9.62. The Bertz CT molecular complexity index is 3920. The maximum atomic E-state index is 7.32. The number of anilines is 4. The van der Waals surface area contributed by atoms with Crippen LogP contribution in [0, 0.1) is 127 Å². The Morgan fingerprint density at radius 1 is 0.384 bits per heavy atom. The molecule has 608 valence electrons. The van der Waals surface area contributed by atoms with Crippen molar-refractivity contribution in [2.45, 2.75) is 210 Å². The van der Waals surface area contributed by atoms with Gasteiger partial charge in [0.25, 0.3) is 0 Å². The summed E-state index contributed by atoms with van der Waals surface area (Å²) in [5.74, 6) is 0. The van der Waals surface area contributed by atoms with Crippen LogP contribution in [0.5, 0.6) is 0 Å². The van der Waals surface area contributed by atoms with Crippen molar-refractivity contribution < 1.29 is 58.5 Å². The van der Waals surface area contributed by atoms with E-state index in [-0.39, 0.29) is 75.4 Å². The fourth-order valence-corrected chi connectivity index (χ4v) is 19.3. The third-order valence-corrected chi connectivity index (χ3v) is 24.7. The van der Waals surface area contributed by atoms with Crippen molar-refractivity contribution in [2.75, 3.05) is 45.8 Å². The maximum absolute atomic E-state index is 7.32. The summed E-state index contributed by atoms with van der Waals surface area (Å²) in [6.07, 6.45) is 5.39. The van der Waals surface area contributed by atoms with Gasteiger partial charge in [-0.15, -0.1) is 0 Å². The molecule has 4 aliphatic rings. The van der Waals surface area contributed by atoms with E-state index >= 15 is 0 Å². The van der Waals surface area contributed by atoms with E-state index in [1.165, 1.54) is 149 Å². The summed E-state index contributed by atoms with van der Waals surface area (Å²) >= 11 is -0.436. The van der Waals surface area contributed by atoms with Gasteiger partial charge >= 0.3 is 242 Å². The molecule has 12 rings (SSSR count). The summed E-state index contributed by atoms with van der Waals surface area (Å²) in [7, 11) is 9.47. The number of fused-ring (bicyclic) bond motifs is 2. The van der Waals surface area contributed by atoms with Crippen LogP contribution in [-0.4, -0.2) is 71.0 Å². The van der Waals surface area contributed by atoms with Gasteiger partial charge in [-0.3, -0.25) is 0 Å². The Morgan fingerprint density at radius 2 is 0.598 bits per heavy atom. The molecule has 0 saturated carbocycles. The van der Waals surface area contributed by atoms with Gasteiger partial charge in [0, 0.05) is 62.4 Å². The topological polar surface area (TPSA) is 116 Å². The molecule has 0 unspecified atom stereocenters. The number of aryl methyl sites for hydroxylation is 12. The van der Waals surface area contributed by atoms with Crippen LogP contribution in [0.3, 0.4) is 0 Å². The van der Waals surface area contributed by atoms with Crippen LogP contribution in [0.2, 0.25) is 0 Å². The van der Waals surface area contributed by atoms with Gasteiger partial charge < -0.3 is 40.6 Å². The van der Waals surface area contributed by atoms with Gasteiger partial charge in [0.15, 0.2) is 0 Å². The molecule has 2 saturated heterocycles. The predicted molar refractivity (Wildman–Crippen MR) is 477 cm³/mol. The Hall–Kier alpha value is -6.39. The average molecular weight is 1770 g/mol. The van der Waals surface area contributed by atoms with Crippen LogP contribution in [0.15, 0.2) is 170 Å². The number of nitrogens with zero attached hydrogens (tertiary/aromatic N) is 6. The second kappa shape index (κ2) is 49.5. The first-order valence-corrected chi connectivity index (χ1v) is 46.6. The van der Waals surface area contributed by atoms with Crippen LogP contribution in [0.1, 0.15) is 190 Å². The van der Waals surface area contributed by atoms with E-state index in [4.69, 9.17) is 57.0 Å². The number of benzene rings is 8. The van der Waals surface area contributed by atoms with E-state index in [0.29, 0.717) is 0 Å². The Kier molecular flexibility index (Phi) is 43.3. The predicted octanol–water partition coefficient (Wildman–Crippen LogP) is 25.6. The monoisotopic (exact) mass is 1770 g/mol. The third-order valence-electron chi connectivity index (χ3n) is 17.1. The van der Waals surface area contributed by atoms with Crippen molar-refractivity contribution >= 4 is 78.7 Å². The molecule has 8 aromatic carbocycles. The molecule has 2 heterocycles. The third kappa shape index (κ3) is 30.3. The standard InChI is InChI=1S/2C21H27N2.2C15H10.C9H22O3P.C9H21O3P.C2H3N.CHN.CH3.2ClH.2Ru/c2*1-14-9-16(3)20(17(4)10-14)22-7-8-23(13-22)21-18(5)11-15(2)12-19(21)6;2*1-2-6-12(7-3-1)15-11-10-13-8-4-5-9-14(13)15;2*1-7(2)10-13(11-8(3)4)12-9(5)6;1-2-3;1-2;;;;;/h2*9-13H,7-8H2,1-6H3;2*1-9,11H;7-9,13H,1-6H3;7-9H,1-6H3;1H3;1H;1H3;2*1H;;/q2*-1;;;+1;;;;-1;;;2*+1/p-2. The molecular formula is C94H124Cl2N6O6P2Ru2-2. The zero-order valence-electron chi connectivity index (χ0n) is 71.2. The van der Waals surface area contributed by atoms with Crippen LogP contribution < -0.4 is 19.6 Å². The van der Waals surface area contributed by atoms with Gasteiger partial charge in [-0.1, -0.05) is 70.8 Å². The van der Waals surface area contributed by atoms with Crippen molar-refractivity contribution in [3.05, 3.63) is 291 Å². The Morgan fingerprint density at radius 3 is 0.804 bits per heavy atom. The number of nitriles is 2. The molecule has 0 radical (unpaired) electrons. The fourth-order valence-electron chi connectivity index (χ4n) is 13.7. The normalized spacial score (nSPS) is 14.0. The summed E-state index contributed by atoms with van der Waals surface area (Å²) in [5, 5.41) is 13.8. The van der Waals surface area contributed by atoms with E-state index in [9.17, 15) is 0 Å². The SMILES string of the molecule is C#N.CC#N.CC(C)OP(OC(C)C)OC(C)C.CC(C)O[PH+](OC(C)C)OC(C)C.Cc1cc(C)c(N2[CH-]N(c3c(C)cc(C)cc3C)CC2)c(C)c1.Cc1cc(C)c(N2[CH-]N(c3c(C)cc(C)cc3C)CC2)c(C)c1.[CH3-].[Cl][Ru]=[C]1C=C(c2ccccc2)c2ccccc21.[Cl][Ru]=[C]1C=C(c2ccccc2)c2ccccc21. The van der Waals surface area contributed by atoms with E-state index in [1.807, 2.05) is 95.2 Å². The summed E-state index contributed by atoms with van der Waals surface area (Å²) in [5.41, 5.74) is 32.0. The Labute approximate surface area is 701 Å². The quantitative estimate of drug-likeness (QED) is 0.0463. The number of rotatable bonds is 18. The van der Waals surface area contributed by atoms with Crippen LogP contribution in [0.25, 0.3) is 11.1 Å². The molecule has 18 heteroatoms. The average Bonchev–Trinajstić information content (AvgIpc) is 1.67.